The lowest BCUT2D eigenvalue weighted by atomic mass is 9.92. The lowest BCUT2D eigenvalue weighted by molar-refractivity contribution is -0.0103. The third-order valence-electron chi connectivity index (χ3n) is 7.01. The van der Waals surface area contributed by atoms with Crippen molar-refractivity contribution in [1.82, 2.24) is 24.7 Å². The van der Waals surface area contributed by atoms with Gasteiger partial charge in [-0.25, -0.2) is 4.98 Å². The summed E-state index contributed by atoms with van der Waals surface area (Å²) in [5.74, 6) is 0.296. The van der Waals surface area contributed by atoms with Gasteiger partial charge in [-0.2, -0.15) is 0 Å². The van der Waals surface area contributed by atoms with Crippen molar-refractivity contribution < 1.29 is 14.6 Å². The van der Waals surface area contributed by atoms with E-state index < -0.39 is 0 Å². The van der Waals surface area contributed by atoms with E-state index >= 15 is 0 Å². The number of aromatic nitrogens is 4. The SMILES string of the molecule is Cc1cn2cc(NC(=O)c3ccc(N4CC(C)N[C@H](C)C4)c4nccnc34)cc(OC3CC(O)C3)c2n1. The van der Waals surface area contributed by atoms with Crippen molar-refractivity contribution in [2.24, 2.45) is 0 Å². The highest BCUT2D eigenvalue weighted by molar-refractivity contribution is 6.13. The van der Waals surface area contributed by atoms with Gasteiger partial charge in [0.05, 0.1) is 28.7 Å². The van der Waals surface area contributed by atoms with E-state index in [1.165, 1.54) is 0 Å². The van der Waals surface area contributed by atoms with Crippen LogP contribution in [0.5, 0.6) is 5.75 Å². The van der Waals surface area contributed by atoms with Crippen LogP contribution in [0.3, 0.4) is 0 Å². The number of hydrogen-bond acceptors (Lipinski definition) is 8. The molecule has 10 nitrogen and oxygen atoms in total. The van der Waals surface area contributed by atoms with E-state index in [-0.39, 0.29) is 18.1 Å². The molecule has 1 saturated carbocycles. The lowest BCUT2D eigenvalue weighted by Crippen LogP contribution is -2.54. The quantitative estimate of drug-likeness (QED) is 0.382. The number of pyridine rings is 1. The summed E-state index contributed by atoms with van der Waals surface area (Å²) in [7, 11) is 0. The van der Waals surface area contributed by atoms with Crippen LogP contribution in [-0.2, 0) is 0 Å². The van der Waals surface area contributed by atoms with Crippen molar-refractivity contribution in [2.75, 3.05) is 23.3 Å². The minimum atomic E-state index is -0.324. The molecule has 3 N–H and O–H groups in total. The molecule has 4 aromatic rings. The predicted octanol–water partition coefficient (Wildman–Crippen LogP) is 2.93. The molecule has 1 aliphatic heterocycles. The minimum absolute atomic E-state index is 0.0658. The summed E-state index contributed by atoms with van der Waals surface area (Å²) in [6.07, 6.45) is 7.78. The van der Waals surface area contributed by atoms with Gasteiger partial charge in [-0.05, 0) is 32.9 Å². The Morgan fingerprint density at radius 3 is 2.57 bits per heavy atom. The van der Waals surface area contributed by atoms with Gasteiger partial charge in [-0.1, -0.05) is 0 Å². The third-order valence-corrected chi connectivity index (χ3v) is 7.01. The van der Waals surface area contributed by atoms with E-state index in [9.17, 15) is 9.90 Å². The van der Waals surface area contributed by atoms with Crippen molar-refractivity contribution in [1.29, 1.82) is 0 Å². The van der Waals surface area contributed by atoms with Crippen molar-refractivity contribution in [3.8, 4) is 5.75 Å². The molecule has 10 heteroatoms. The normalized spacial score (nSPS) is 23.7. The van der Waals surface area contributed by atoms with Crippen molar-refractivity contribution in [2.45, 2.75) is 57.9 Å². The molecular formula is C27H31N7O3. The first-order valence-electron chi connectivity index (χ1n) is 12.7. The predicted molar refractivity (Wildman–Crippen MR) is 141 cm³/mol. The monoisotopic (exact) mass is 501 g/mol. The lowest BCUT2D eigenvalue weighted by Gasteiger charge is -2.38. The second-order valence-corrected chi connectivity index (χ2v) is 10.3. The zero-order valence-corrected chi connectivity index (χ0v) is 21.2. The number of imidazole rings is 1. The van der Waals surface area contributed by atoms with Crippen LogP contribution in [0.15, 0.2) is 43.0 Å². The van der Waals surface area contributed by atoms with E-state index in [1.807, 2.05) is 35.9 Å². The highest BCUT2D eigenvalue weighted by atomic mass is 16.5. The number of anilines is 2. The average molecular weight is 502 g/mol. The van der Waals surface area contributed by atoms with Gasteiger partial charge in [0.2, 0.25) is 0 Å². The number of carbonyl (C=O) groups is 1. The number of nitrogens with one attached hydrogen (secondary N) is 2. The molecule has 0 radical (unpaired) electrons. The minimum Gasteiger partial charge on any atom is -0.486 e. The summed E-state index contributed by atoms with van der Waals surface area (Å²) in [5, 5.41) is 16.2. The zero-order valence-electron chi connectivity index (χ0n) is 21.2. The largest absolute Gasteiger partial charge is 0.486 e. The smallest absolute Gasteiger partial charge is 0.257 e. The Hall–Kier alpha value is -3.76. The Morgan fingerprint density at radius 1 is 1.11 bits per heavy atom. The van der Waals surface area contributed by atoms with Gasteiger partial charge in [-0.3, -0.25) is 14.8 Å². The van der Waals surface area contributed by atoms with Gasteiger partial charge < -0.3 is 29.8 Å². The zero-order chi connectivity index (χ0) is 25.7. The number of piperazine rings is 1. The van der Waals surface area contributed by atoms with E-state index in [2.05, 4.69) is 44.3 Å². The van der Waals surface area contributed by atoms with Crippen LogP contribution < -0.4 is 20.3 Å². The van der Waals surface area contributed by atoms with Crippen LogP contribution in [0.1, 0.15) is 42.7 Å². The number of benzene rings is 1. The molecular weight excluding hydrogens is 470 g/mol. The van der Waals surface area contributed by atoms with E-state index in [0.717, 1.165) is 24.5 Å². The van der Waals surface area contributed by atoms with Crippen molar-refractivity contribution in [3.05, 3.63) is 54.2 Å². The maximum absolute atomic E-state index is 13.5. The summed E-state index contributed by atoms with van der Waals surface area (Å²) < 4.78 is 7.97. The van der Waals surface area contributed by atoms with Gasteiger partial charge >= 0.3 is 0 Å². The van der Waals surface area contributed by atoms with Gasteiger partial charge in [0.25, 0.3) is 5.91 Å². The molecule has 1 amide bonds. The van der Waals surface area contributed by atoms with Crippen molar-refractivity contribution in [3.63, 3.8) is 0 Å². The number of carbonyl (C=O) groups excluding carboxylic acids is 1. The van der Waals surface area contributed by atoms with E-state index in [1.54, 1.807) is 18.5 Å². The molecule has 1 aromatic carbocycles. The molecule has 37 heavy (non-hydrogen) atoms. The summed E-state index contributed by atoms with van der Waals surface area (Å²) in [6, 6.07) is 6.28. The number of hydrogen-bond donors (Lipinski definition) is 3. The number of fused-ring (bicyclic) bond motifs is 2. The number of ether oxygens (including phenoxy) is 1. The van der Waals surface area contributed by atoms with Gasteiger partial charge in [0, 0.05) is 68.9 Å². The maximum atomic E-state index is 13.5. The third kappa shape index (κ3) is 4.58. The number of amides is 1. The van der Waals surface area contributed by atoms with Crippen LogP contribution in [0.25, 0.3) is 16.7 Å². The first-order valence-corrected chi connectivity index (χ1v) is 12.7. The topological polar surface area (TPSA) is 117 Å². The van der Waals surface area contributed by atoms with E-state index in [0.29, 0.717) is 58.6 Å². The Bertz CT molecular complexity index is 1470. The maximum Gasteiger partial charge on any atom is 0.257 e. The average Bonchev–Trinajstić information content (AvgIpc) is 3.22. The fourth-order valence-electron chi connectivity index (χ4n) is 5.36. The molecule has 192 valence electrons. The highest BCUT2D eigenvalue weighted by Crippen LogP contribution is 2.32. The number of nitrogens with zero attached hydrogens (tertiary/aromatic N) is 5. The molecule has 1 unspecified atom stereocenters. The van der Waals surface area contributed by atoms with Gasteiger partial charge in [0.1, 0.15) is 17.1 Å². The Labute approximate surface area is 214 Å². The number of aliphatic hydroxyl groups excluding tert-OH is 1. The molecule has 1 aliphatic carbocycles. The Morgan fingerprint density at radius 2 is 1.84 bits per heavy atom. The van der Waals surface area contributed by atoms with Crippen LogP contribution in [0.4, 0.5) is 11.4 Å². The highest BCUT2D eigenvalue weighted by Gasteiger charge is 2.30. The molecule has 6 rings (SSSR count). The number of aliphatic hydroxyl groups is 1. The van der Waals surface area contributed by atoms with Gasteiger partial charge in [0.15, 0.2) is 11.4 Å². The Kier molecular flexibility index (Phi) is 5.92. The van der Waals surface area contributed by atoms with Crippen LogP contribution in [0, 0.1) is 6.92 Å². The van der Waals surface area contributed by atoms with Crippen molar-refractivity contribution >= 4 is 34.0 Å². The summed E-state index contributed by atoms with van der Waals surface area (Å²) in [6.45, 7) is 7.96. The fourth-order valence-corrected chi connectivity index (χ4v) is 5.36. The molecule has 3 aromatic heterocycles. The molecule has 4 heterocycles. The first kappa shape index (κ1) is 23.6. The van der Waals surface area contributed by atoms with Crippen LogP contribution in [-0.4, -0.2) is 67.7 Å². The second-order valence-electron chi connectivity index (χ2n) is 10.3. The van der Waals surface area contributed by atoms with E-state index in [4.69, 9.17) is 4.74 Å². The van der Waals surface area contributed by atoms with Crippen LogP contribution >= 0.6 is 0 Å². The molecule has 1 saturated heterocycles. The summed E-state index contributed by atoms with van der Waals surface area (Å²) >= 11 is 0. The standard InChI is InChI=1S/C27H31N7O3/c1-15-11-33(12-16(2)30-15)22-5-4-21(24-25(22)29-7-6-28-24)27(36)32-18-8-23(37-20-9-19(35)10-20)26-31-17(3)13-34(26)14-18/h4-8,13-16,19-20,30,35H,9-12H2,1-3H3,(H,32,36)/t15-,16?,19?,20?/m1/s1. The fraction of sp³-hybridized carbons (Fsp3) is 0.407. The molecule has 0 bridgehead atoms. The number of aryl methyl sites for hydroxylation is 1. The molecule has 2 atom stereocenters. The molecule has 2 aliphatic rings. The number of rotatable bonds is 5. The summed E-state index contributed by atoms with van der Waals surface area (Å²) in [4.78, 5) is 29.5. The summed E-state index contributed by atoms with van der Waals surface area (Å²) in [5.41, 5.74) is 4.81. The Balaban J connectivity index is 1.32. The molecule has 0 spiro atoms. The molecule has 2 fully saturated rings. The second kappa shape index (κ2) is 9.28. The van der Waals surface area contributed by atoms with Crippen LogP contribution in [0.2, 0.25) is 0 Å². The van der Waals surface area contributed by atoms with Gasteiger partial charge in [-0.15, -0.1) is 0 Å². The first-order chi connectivity index (χ1) is 17.8.